The molecule has 0 unspecified atom stereocenters. The Kier molecular flexibility index (Phi) is 6.07. The molecule has 9 heteroatoms. The quantitative estimate of drug-likeness (QED) is 0.606. The van der Waals surface area contributed by atoms with E-state index in [-0.39, 0.29) is 29.0 Å². The minimum atomic E-state index is -3.89. The molecule has 29 heavy (non-hydrogen) atoms. The average Bonchev–Trinajstić information content (AvgIpc) is 3.50. The highest BCUT2D eigenvalue weighted by atomic mass is 32.2. The maximum Gasteiger partial charge on any atom is 0.261 e. The summed E-state index contributed by atoms with van der Waals surface area (Å²) in [7, 11) is -2.37. The van der Waals surface area contributed by atoms with Gasteiger partial charge in [-0.05, 0) is 61.7 Å². The molecule has 0 radical (unpaired) electrons. The molecular formula is C20H23N3O5S. The number of carbonyl (C=O) groups excluding carboxylic acids is 2. The van der Waals surface area contributed by atoms with E-state index in [1.165, 1.54) is 19.2 Å². The Morgan fingerprint density at radius 1 is 1.10 bits per heavy atom. The van der Waals surface area contributed by atoms with Crippen LogP contribution in [0.3, 0.4) is 0 Å². The number of amides is 2. The molecule has 3 N–H and O–H groups in total. The first-order chi connectivity index (χ1) is 13.8. The van der Waals surface area contributed by atoms with Crippen LogP contribution in [0.1, 0.15) is 28.8 Å². The first-order valence-electron chi connectivity index (χ1n) is 9.13. The summed E-state index contributed by atoms with van der Waals surface area (Å²) in [6.45, 7) is 1.54. The van der Waals surface area contributed by atoms with Gasteiger partial charge < -0.3 is 15.4 Å². The molecule has 2 amide bonds. The van der Waals surface area contributed by atoms with Gasteiger partial charge in [-0.15, -0.1) is 0 Å². The third-order valence-electron chi connectivity index (χ3n) is 4.46. The SMILES string of the molecule is COc1ccc(NS(=O)(=O)c2ccc(C)c(C(=O)NCC(=O)NC3CC3)c2)cc1. The number of methoxy groups -OCH3 is 1. The van der Waals surface area contributed by atoms with E-state index >= 15 is 0 Å². The zero-order chi connectivity index (χ0) is 21.0. The lowest BCUT2D eigenvalue weighted by Crippen LogP contribution is -2.38. The van der Waals surface area contributed by atoms with Gasteiger partial charge in [0.15, 0.2) is 0 Å². The molecule has 8 nitrogen and oxygen atoms in total. The van der Waals surface area contributed by atoms with Gasteiger partial charge in [0.2, 0.25) is 5.91 Å². The van der Waals surface area contributed by atoms with Gasteiger partial charge in [0.25, 0.3) is 15.9 Å². The van der Waals surface area contributed by atoms with Crippen LogP contribution in [-0.4, -0.2) is 39.9 Å². The standard InChI is InChI=1S/C20H23N3O5S/c1-13-3-10-17(29(26,27)23-15-6-8-16(28-2)9-7-15)11-18(13)20(25)21-12-19(24)22-14-4-5-14/h3,6-11,14,23H,4-5,12H2,1-2H3,(H,21,25)(H,22,24). The Morgan fingerprint density at radius 3 is 2.41 bits per heavy atom. The number of aryl methyl sites for hydroxylation is 1. The number of ether oxygens (including phenoxy) is 1. The average molecular weight is 417 g/mol. The van der Waals surface area contributed by atoms with Crippen molar-refractivity contribution in [3.63, 3.8) is 0 Å². The van der Waals surface area contributed by atoms with Crippen molar-refractivity contribution in [3.05, 3.63) is 53.6 Å². The van der Waals surface area contributed by atoms with E-state index in [1.54, 1.807) is 37.3 Å². The smallest absolute Gasteiger partial charge is 0.261 e. The fourth-order valence-corrected chi connectivity index (χ4v) is 3.73. The molecule has 0 saturated heterocycles. The Balaban J connectivity index is 1.72. The van der Waals surface area contributed by atoms with Crippen LogP contribution in [0.25, 0.3) is 0 Å². The summed E-state index contributed by atoms with van der Waals surface area (Å²) in [5.41, 5.74) is 1.17. The first-order valence-corrected chi connectivity index (χ1v) is 10.6. The van der Waals surface area contributed by atoms with Crippen LogP contribution >= 0.6 is 0 Å². The van der Waals surface area contributed by atoms with Crippen molar-refractivity contribution in [1.29, 1.82) is 0 Å². The van der Waals surface area contributed by atoms with E-state index in [2.05, 4.69) is 15.4 Å². The number of benzene rings is 2. The molecule has 0 bridgehead atoms. The number of nitrogens with one attached hydrogen (secondary N) is 3. The van der Waals surface area contributed by atoms with E-state index in [0.717, 1.165) is 12.8 Å². The van der Waals surface area contributed by atoms with E-state index < -0.39 is 15.9 Å². The highest BCUT2D eigenvalue weighted by molar-refractivity contribution is 7.92. The third-order valence-corrected chi connectivity index (χ3v) is 5.84. The highest BCUT2D eigenvalue weighted by Crippen LogP contribution is 2.21. The van der Waals surface area contributed by atoms with Crippen molar-refractivity contribution in [3.8, 4) is 5.75 Å². The molecule has 0 aromatic heterocycles. The maximum absolute atomic E-state index is 12.7. The van der Waals surface area contributed by atoms with E-state index in [1.807, 2.05) is 0 Å². The van der Waals surface area contributed by atoms with Gasteiger partial charge >= 0.3 is 0 Å². The lowest BCUT2D eigenvalue weighted by atomic mass is 10.1. The summed E-state index contributed by atoms with van der Waals surface area (Å²) in [5.74, 6) is -0.161. The van der Waals surface area contributed by atoms with Gasteiger partial charge in [-0.25, -0.2) is 8.42 Å². The molecule has 1 aliphatic rings. The van der Waals surface area contributed by atoms with Crippen molar-refractivity contribution >= 4 is 27.5 Å². The molecule has 0 heterocycles. The van der Waals surface area contributed by atoms with Crippen LogP contribution < -0.4 is 20.1 Å². The molecule has 1 aliphatic carbocycles. The van der Waals surface area contributed by atoms with Crippen molar-refractivity contribution in [2.75, 3.05) is 18.4 Å². The fraction of sp³-hybridized carbons (Fsp3) is 0.300. The van der Waals surface area contributed by atoms with E-state index in [9.17, 15) is 18.0 Å². The number of hydrogen-bond donors (Lipinski definition) is 3. The second-order valence-electron chi connectivity index (χ2n) is 6.84. The molecule has 0 atom stereocenters. The van der Waals surface area contributed by atoms with Crippen LogP contribution in [0.5, 0.6) is 5.75 Å². The Hall–Kier alpha value is -3.07. The first kappa shape index (κ1) is 20.7. The Labute approximate surface area is 169 Å². The molecular weight excluding hydrogens is 394 g/mol. The molecule has 154 valence electrons. The van der Waals surface area contributed by atoms with Crippen LogP contribution in [0.2, 0.25) is 0 Å². The minimum Gasteiger partial charge on any atom is -0.497 e. The van der Waals surface area contributed by atoms with Crippen LogP contribution in [0.4, 0.5) is 5.69 Å². The molecule has 0 aliphatic heterocycles. The van der Waals surface area contributed by atoms with Crippen molar-refractivity contribution in [1.82, 2.24) is 10.6 Å². The summed E-state index contributed by atoms with van der Waals surface area (Å²) in [6.07, 6.45) is 1.92. The second-order valence-corrected chi connectivity index (χ2v) is 8.52. The zero-order valence-electron chi connectivity index (χ0n) is 16.2. The predicted molar refractivity (Wildman–Crippen MR) is 108 cm³/mol. The van der Waals surface area contributed by atoms with Crippen LogP contribution in [0.15, 0.2) is 47.4 Å². The number of rotatable bonds is 8. The van der Waals surface area contributed by atoms with Gasteiger partial charge in [-0.1, -0.05) is 6.07 Å². The van der Waals surface area contributed by atoms with E-state index in [4.69, 9.17) is 4.74 Å². The summed E-state index contributed by atoms with van der Waals surface area (Å²) in [5, 5.41) is 5.31. The number of sulfonamides is 1. The maximum atomic E-state index is 12.7. The highest BCUT2D eigenvalue weighted by Gasteiger charge is 2.23. The van der Waals surface area contributed by atoms with Gasteiger partial charge in [0.05, 0.1) is 18.6 Å². The van der Waals surface area contributed by atoms with Gasteiger partial charge in [-0.3, -0.25) is 14.3 Å². The number of carbonyl (C=O) groups is 2. The Morgan fingerprint density at radius 2 is 1.79 bits per heavy atom. The molecule has 3 rings (SSSR count). The second kappa shape index (κ2) is 8.52. The number of anilines is 1. The predicted octanol–water partition coefficient (Wildman–Crippen LogP) is 1.81. The summed E-state index contributed by atoms with van der Waals surface area (Å²) >= 11 is 0. The lowest BCUT2D eigenvalue weighted by molar-refractivity contribution is -0.120. The van der Waals surface area contributed by atoms with Gasteiger partial charge in [0, 0.05) is 17.3 Å². The minimum absolute atomic E-state index is 0.0495. The van der Waals surface area contributed by atoms with Crippen molar-refractivity contribution < 1.29 is 22.7 Å². The molecule has 1 fully saturated rings. The van der Waals surface area contributed by atoms with Crippen LogP contribution in [-0.2, 0) is 14.8 Å². The molecule has 1 saturated carbocycles. The number of hydrogen-bond acceptors (Lipinski definition) is 5. The third kappa shape index (κ3) is 5.47. The normalized spacial score (nSPS) is 13.4. The Bertz CT molecular complexity index is 1010. The molecule has 2 aromatic rings. The van der Waals surface area contributed by atoms with Crippen molar-refractivity contribution in [2.45, 2.75) is 30.7 Å². The van der Waals surface area contributed by atoms with Crippen molar-refractivity contribution in [2.24, 2.45) is 0 Å². The largest absolute Gasteiger partial charge is 0.497 e. The summed E-state index contributed by atoms with van der Waals surface area (Å²) < 4.78 is 32.9. The molecule has 0 spiro atoms. The topological polar surface area (TPSA) is 114 Å². The zero-order valence-corrected chi connectivity index (χ0v) is 17.0. The summed E-state index contributed by atoms with van der Waals surface area (Å²) in [4.78, 5) is 24.2. The van der Waals surface area contributed by atoms with Gasteiger partial charge in [-0.2, -0.15) is 0 Å². The van der Waals surface area contributed by atoms with Crippen LogP contribution in [0, 0.1) is 6.92 Å². The van der Waals surface area contributed by atoms with Gasteiger partial charge in [0.1, 0.15) is 5.75 Å². The van der Waals surface area contributed by atoms with E-state index in [0.29, 0.717) is 17.0 Å². The molecule has 2 aromatic carbocycles. The monoisotopic (exact) mass is 417 g/mol. The summed E-state index contributed by atoms with van der Waals surface area (Å²) in [6, 6.07) is 10.9. The fourth-order valence-electron chi connectivity index (χ4n) is 2.65. The lowest BCUT2D eigenvalue weighted by Gasteiger charge is -2.12.